The van der Waals surface area contributed by atoms with Crippen LogP contribution in [0.1, 0.15) is 31.3 Å². The van der Waals surface area contributed by atoms with Crippen molar-refractivity contribution in [2.75, 3.05) is 36.8 Å². The monoisotopic (exact) mass is 495 g/mol. The van der Waals surface area contributed by atoms with Crippen molar-refractivity contribution < 1.29 is 14.4 Å². The minimum absolute atomic E-state index is 0.0230. The van der Waals surface area contributed by atoms with Gasteiger partial charge in [-0.15, -0.1) is 0 Å². The number of hydrogen-bond donors (Lipinski definition) is 6. The summed E-state index contributed by atoms with van der Waals surface area (Å²) >= 11 is 0. The molecule has 0 aliphatic rings. The standard InChI is InChI=1S/C20H28N6O2.C4H5N3O/c1-14(2)20(28)24-12-11-23-18-13-17(22-10-9-21-15(3)27)25-19(26-18)16-7-5-4-6-8-16;5-4(8)3-1-6-2-7-3/h4-8,13-14H,9-12H2,1-3H3,(H,21,27)(H,24,28)(H2,22,23,25,26);1-2H,(H2,5,8)(H,6,7). The Morgan fingerprint density at radius 2 is 1.56 bits per heavy atom. The van der Waals surface area contributed by atoms with Gasteiger partial charge >= 0.3 is 0 Å². The van der Waals surface area contributed by atoms with Gasteiger partial charge in [0, 0.05) is 50.7 Å². The summed E-state index contributed by atoms with van der Waals surface area (Å²) in [5.74, 6) is 1.35. The van der Waals surface area contributed by atoms with Gasteiger partial charge in [0.05, 0.1) is 12.5 Å². The molecule has 0 unspecified atom stereocenters. The van der Waals surface area contributed by atoms with Crippen LogP contribution < -0.4 is 27.0 Å². The zero-order chi connectivity index (χ0) is 26.3. The van der Waals surface area contributed by atoms with Crippen molar-refractivity contribution in [1.82, 2.24) is 30.6 Å². The van der Waals surface area contributed by atoms with Crippen molar-refractivity contribution in [3.8, 4) is 11.4 Å². The van der Waals surface area contributed by atoms with Crippen LogP contribution >= 0.6 is 0 Å². The Morgan fingerprint density at radius 1 is 0.944 bits per heavy atom. The largest absolute Gasteiger partial charge is 0.368 e. The van der Waals surface area contributed by atoms with E-state index in [9.17, 15) is 14.4 Å². The first-order chi connectivity index (χ1) is 17.3. The van der Waals surface area contributed by atoms with Crippen molar-refractivity contribution in [2.45, 2.75) is 20.8 Å². The van der Waals surface area contributed by atoms with E-state index in [-0.39, 0.29) is 17.7 Å². The Hall–Kier alpha value is -4.48. The first-order valence-electron chi connectivity index (χ1n) is 11.5. The van der Waals surface area contributed by atoms with Gasteiger partial charge in [0.2, 0.25) is 11.8 Å². The quantitative estimate of drug-likeness (QED) is 0.216. The molecular formula is C24H33N9O3. The van der Waals surface area contributed by atoms with E-state index in [0.717, 1.165) is 5.56 Å². The molecule has 36 heavy (non-hydrogen) atoms. The molecule has 12 nitrogen and oxygen atoms in total. The number of amides is 3. The second kappa shape index (κ2) is 14.7. The van der Waals surface area contributed by atoms with E-state index in [1.165, 1.54) is 19.4 Å². The van der Waals surface area contributed by atoms with Crippen LogP contribution in [0.3, 0.4) is 0 Å². The zero-order valence-electron chi connectivity index (χ0n) is 20.7. The van der Waals surface area contributed by atoms with Gasteiger partial charge in [0.1, 0.15) is 17.3 Å². The highest BCUT2D eigenvalue weighted by Crippen LogP contribution is 2.19. The number of imidazole rings is 1. The maximum atomic E-state index is 11.6. The second-order valence-corrected chi connectivity index (χ2v) is 7.94. The number of hydrogen-bond acceptors (Lipinski definition) is 8. The van der Waals surface area contributed by atoms with Crippen LogP contribution in [-0.2, 0) is 9.59 Å². The van der Waals surface area contributed by atoms with Gasteiger partial charge in [0.25, 0.3) is 5.91 Å². The Labute approximate surface area is 209 Å². The van der Waals surface area contributed by atoms with E-state index in [1.54, 1.807) is 0 Å². The van der Waals surface area contributed by atoms with Gasteiger partial charge in [-0.25, -0.2) is 15.0 Å². The molecule has 0 aliphatic carbocycles. The molecule has 2 aromatic heterocycles. The summed E-state index contributed by atoms with van der Waals surface area (Å²) < 4.78 is 0. The zero-order valence-corrected chi connectivity index (χ0v) is 20.7. The number of aromatic amines is 1. The number of aromatic nitrogens is 4. The number of primary amides is 1. The lowest BCUT2D eigenvalue weighted by Crippen LogP contribution is -2.32. The average Bonchev–Trinajstić information content (AvgIpc) is 3.41. The minimum Gasteiger partial charge on any atom is -0.368 e. The van der Waals surface area contributed by atoms with Crippen molar-refractivity contribution in [2.24, 2.45) is 11.7 Å². The van der Waals surface area contributed by atoms with Gasteiger partial charge in [0.15, 0.2) is 5.82 Å². The number of nitrogens with one attached hydrogen (secondary N) is 5. The highest BCUT2D eigenvalue weighted by molar-refractivity contribution is 5.90. The molecule has 0 saturated heterocycles. The fourth-order valence-corrected chi connectivity index (χ4v) is 2.74. The summed E-state index contributed by atoms with van der Waals surface area (Å²) in [6, 6.07) is 11.5. The van der Waals surface area contributed by atoms with Crippen molar-refractivity contribution in [1.29, 1.82) is 0 Å². The second-order valence-electron chi connectivity index (χ2n) is 7.94. The number of rotatable bonds is 11. The first kappa shape index (κ1) is 27.8. The molecular weight excluding hydrogens is 462 g/mol. The Balaban J connectivity index is 0.000000482. The minimum atomic E-state index is -0.484. The summed E-state index contributed by atoms with van der Waals surface area (Å²) in [5, 5.41) is 12.0. The number of anilines is 2. The number of benzene rings is 1. The van der Waals surface area contributed by atoms with Crippen molar-refractivity contribution in [3.05, 3.63) is 54.6 Å². The Kier molecular flexibility index (Phi) is 11.3. The number of nitrogens with two attached hydrogens (primary N) is 1. The average molecular weight is 496 g/mol. The summed E-state index contributed by atoms with van der Waals surface area (Å²) in [7, 11) is 0. The highest BCUT2D eigenvalue weighted by Gasteiger charge is 2.08. The lowest BCUT2D eigenvalue weighted by atomic mass is 10.2. The van der Waals surface area contributed by atoms with E-state index in [2.05, 4.69) is 41.2 Å². The van der Waals surface area contributed by atoms with Crippen LogP contribution in [0.2, 0.25) is 0 Å². The van der Waals surface area contributed by atoms with Gasteiger partial charge in [-0.1, -0.05) is 44.2 Å². The normalized spacial score (nSPS) is 10.1. The van der Waals surface area contributed by atoms with Crippen LogP contribution in [0, 0.1) is 5.92 Å². The molecule has 3 amide bonds. The SMILES string of the molecule is CC(=O)NCCNc1cc(NCCNC(=O)C(C)C)nc(-c2ccccc2)n1.NC(=O)c1cnc[nH]1. The molecule has 12 heteroatoms. The van der Waals surface area contributed by atoms with Crippen molar-refractivity contribution >= 4 is 29.4 Å². The van der Waals surface area contributed by atoms with E-state index >= 15 is 0 Å². The first-order valence-corrected chi connectivity index (χ1v) is 11.5. The van der Waals surface area contributed by atoms with Crippen LogP contribution in [0.15, 0.2) is 48.9 Å². The van der Waals surface area contributed by atoms with Gasteiger partial charge in [-0.05, 0) is 0 Å². The lowest BCUT2D eigenvalue weighted by molar-refractivity contribution is -0.124. The number of carbonyl (C=O) groups excluding carboxylic acids is 3. The van der Waals surface area contributed by atoms with Crippen LogP contribution in [0.25, 0.3) is 11.4 Å². The molecule has 1 aromatic carbocycles. The van der Waals surface area contributed by atoms with E-state index in [1.807, 2.05) is 50.2 Å². The molecule has 3 rings (SSSR count). The molecule has 0 spiro atoms. The molecule has 0 radical (unpaired) electrons. The lowest BCUT2D eigenvalue weighted by Gasteiger charge is -2.12. The summed E-state index contributed by atoms with van der Waals surface area (Å²) in [4.78, 5) is 48.1. The number of carbonyl (C=O) groups is 3. The molecule has 0 fully saturated rings. The van der Waals surface area contributed by atoms with Gasteiger partial charge in [-0.3, -0.25) is 14.4 Å². The smallest absolute Gasteiger partial charge is 0.266 e. The fraction of sp³-hybridized carbons (Fsp3) is 0.333. The van der Waals surface area contributed by atoms with Gasteiger partial charge < -0.3 is 32.0 Å². The van der Waals surface area contributed by atoms with Crippen LogP contribution in [0.5, 0.6) is 0 Å². The van der Waals surface area contributed by atoms with E-state index in [0.29, 0.717) is 49.3 Å². The third-order valence-corrected chi connectivity index (χ3v) is 4.58. The molecule has 192 valence electrons. The maximum absolute atomic E-state index is 11.6. The Morgan fingerprint density at radius 3 is 2.03 bits per heavy atom. The molecule has 3 aromatic rings. The predicted octanol–water partition coefficient (Wildman–Crippen LogP) is 1.38. The third kappa shape index (κ3) is 10.2. The maximum Gasteiger partial charge on any atom is 0.266 e. The van der Waals surface area contributed by atoms with Crippen LogP contribution in [0.4, 0.5) is 11.6 Å². The molecule has 0 bridgehead atoms. The van der Waals surface area contributed by atoms with Gasteiger partial charge in [-0.2, -0.15) is 0 Å². The summed E-state index contributed by atoms with van der Waals surface area (Å²) in [6.45, 7) is 7.31. The van der Waals surface area contributed by atoms with Crippen molar-refractivity contribution in [3.63, 3.8) is 0 Å². The molecule has 0 atom stereocenters. The number of H-pyrrole nitrogens is 1. The Bertz CT molecular complexity index is 1100. The van der Waals surface area contributed by atoms with E-state index in [4.69, 9.17) is 5.73 Å². The molecule has 2 heterocycles. The molecule has 0 aliphatic heterocycles. The third-order valence-electron chi connectivity index (χ3n) is 4.58. The van der Waals surface area contributed by atoms with E-state index < -0.39 is 5.91 Å². The summed E-state index contributed by atoms with van der Waals surface area (Å²) in [6.07, 6.45) is 2.78. The molecule has 0 saturated carbocycles. The fourth-order valence-electron chi connectivity index (χ4n) is 2.74. The molecule has 7 N–H and O–H groups in total. The topological polar surface area (TPSA) is 180 Å². The predicted molar refractivity (Wildman–Crippen MR) is 138 cm³/mol. The summed E-state index contributed by atoms with van der Waals surface area (Å²) in [5.41, 5.74) is 6.09. The number of nitrogens with zero attached hydrogens (tertiary/aromatic N) is 3. The highest BCUT2D eigenvalue weighted by atomic mass is 16.2. The van der Waals surface area contributed by atoms with Crippen LogP contribution in [-0.4, -0.2) is 63.8 Å².